The molecule has 0 radical (unpaired) electrons. The van der Waals surface area contributed by atoms with Crippen molar-refractivity contribution >= 4 is 37.8 Å². The molecule has 2 nitrogen and oxygen atoms in total. The second-order valence-corrected chi connectivity index (χ2v) is 7.99. The monoisotopic (exact) mass is 423 g/mol. The van der Waals surface area contributed by atoms with Crippen LogP contribution in [-0.4, -0.2) is 12.5 Å². The Hall–Kier alpha value is -1.13. The van der Waals surface area contributed by atoms with Gasteiger partial charge in [0.25, 0.3) is 5.91 Å². The van der Waals surface area contributed by atoms with E-state index in [9.17, 15) is 4.79 Å². The summed E-state index contributed by atoms with van der Waals surface area (Å²) in [5, 5.41) is 3.03. The maximum Gasteiger partial charge on any atom is 0.251 e. The molecular formula is C18H19Br2NO. The lowest BCUT2D eigenvalue weighted by atomic mass is 9.85. The summed E-state index contributed by atoms with van der Waals surface area (Å²) in [5.74, 6) is -0.0369. The van der Waals surface area contributed by atoms with E-state index in [0.717, 1.165) is 15.4 Å². The Balaban J connectivity index is 1.94. The Labute approximate surface area is 148 Å². The third kappa shape index (κ3) is 5.25. The largest absolute Gasteiger partial charge is 0.351 e. The molecule has 2 aromatic carbocycles. The predicted octanol–water partition coefficient (Wildman–Crippen LogP) is 5.21. The highest BCUT2D eigenvalue weighted by Gasteiger charge is 2.20. The van der Waals surface area contributed by atoms with E-state index in [1.54, 1.807) is 0 Å². The predicted molar refractivity (Wildman–Crippen MR) is 98.1 cm³/mol. The van der Waals surface area contributed by atoms with Gasteiger partial charge >= 0.3 is 0 Å². The van der Waals surface area contributed by atoms with Crippen molar-refractivity contribution in [3.05, 3.63) is 68.6 Å². The normalized spacial score (nSPS) is 11.3. The minimum atomic E-state index is -0.0369. The summed E-state index contributed by atoms with van der Waals surface area (Å²) in [6.45, 7) is 4.96. The fourth-order valence-corrected chi connectivity index (χ4v) is 2.93. The molecular weight excluding hydrogens is 406 g/mol. The Morgan fingerprint density at radius 3 is 2.36 bits per heavy atom. The van der Waals surface area contributed by atoms with Crippen LogP contribution in [0.1, 0.15) is 29.8 Å². The first-order valence-electron chi connectivity index (χ1n) is 7.14. The lowest BCUT2D eigenvalue weighted by molar-refractivity contribution is 0.0936. The van der Waals surface area contributed by atoms with Crippen molar-refractivity contribution in [3.63, 3.8) is 0 Å². The molecule has 0 unspecified atom stereocenters. The average Bonchev–Trinajstić information content (AvgIpc) is 2.47. The minimum absolute atomic E-state index is 0.00446. The van der Waals surface area contributed by atoms with Crippen LogP contribution in [0.5, 0.6) is 0 Å². The fraction of sp³-hybridized carbons (Fsp3) is 0.278. The molecule has 1 amide bonds. The zero-order valence-electron chi connectivity index (χ0n) is 12.7. The van der Waals surface area contributed by atoms with Gasteiger partial charge in [0.05, 0.1) is 0 Å². The van der Waals surface area contributed by atoms with E-state index in [-0.39, 0.29) is 11.3 Å². The fourth-order valence-electron chi connectivity index (χ4n) is 2.27. The van der Waals surface area contributed by atoms with Gasteiger partial charge in [0.2, 0.25) is 0 Å². The Bertz CT molecular complexity index is 650. The van der Waals surface area contributed by atoms with E-state index in [2.05, 4.69) is 63.2 Å². The molecule has 1 N–H and O–H groups in total. The second kappa shape index (κ2) is 7.42. The Kier molecular flexibility index (Phi) is 5.81. The van der Waals surface area contributed by atoms with E-state index in [1.165, 1.54) is 5.56 Å². The van der Waals surface area contributed by atoms with Gasteiger partial charge in [-0.3, -0.25) is 4.79 Å². The molecule has 0 saturated carbocycles. The highest BCUT2D eigenvalue weighted by atomic mass is 79.9. The van der Waals surface area contributed by atoms with Crippen molar-refractivity contribution < 1.29 is 4.79 Å². The number of carbonyl (C=O) groups excluding carboxylic acids is 1. The molecule has 4 heteroatoms. The summed E-state index contributed by atoms with van der Waals surface area (Å²) in [6, 6.07) is 15.7. The summed E-state index contributed by atoms with van der Waals surface area (Å²) in [6.07, 6.45) is 0.916. The van der Waals surface area contributed by atoms with Gasteiger partial charge < -0.3 is 5.32 Å². The first-order valence-corrected chi connectivity index (χ1v) is 8.73. The molecule has 116 valence electrons. The van der Waals surface area contributed by atoms with Crippen molar-refractivity contribution in [2.45, 2.75) is 20.3 Å². The lowest BCUT2D eigenvalue weighted by Crippen LogP contribution is -2.35. The van der Waals surface area contributed by atoms with Crippen molar-refractivity contribution in [2.24, 2.45) is 5.41 Å². The third-order valence-corrected chi connectivity index (χ3v) is 4.43. The summed E-state index contributed by atoms with van der Waals surface area (Å²) < 4.78 is 1.99. The molecule has 0 aliphatic carbocycles. The minimum Gasteiger partial charge on any atom is -0.351 e. The van der Waals surface area contributed by atoms with Crippen molar-refractivity contribution in [1.82, 2.24) is 5.32 Å². The first kappa shape index (κ1) is 17.2. The van der Waals surface area contributed by atoms with Gasteiger partial charge in [-0.1, -0.05) is 63.9 Å². The van der Waals surface area contributed by atoms with Gasteiger partial charge in [-0.05, 0) is 47.7 Å². The molecule has 0 aliphatic heterocycles. The number of carbonyl (C=O) groups is 1. The molecule has 2 aromatic rings. The topological polar surface area (TPSA) is 29.1 Å². The summed E-state index contributed by atoms with van der Waals surface area (Å²) in [7, 11) is 0. The summed E-state index contributed by atoms with van der Waals surface area (Å²) in [5.41, 5.74) is 1.94. The van der Waals surface area contributed by atoms with Gasteiger partial charge in [0.15, 0.2) is 0 Å². The lowest BCUT2D eigenvalue weighted by Gasteiger charge is -2.25. The highest BCUT2D eigenvalue weighted by molar-refractivity contribution is 9.10. The highest BCUT2D eigenvalue weighted by Crippen LogP contribution is 2.22. The van der Waals surface area contributed by atoms with E-state index in [4.69, 9.17) is 0 Å². The zero-order chi connectivity index (χ0) is 16.2. The molecule has 0 aliphatic rings. The maximum absolute atomic E-state index is 12.2. The van der Waals surface area contributed by atoms with Gasteiger partial charge in [-0.15, -0.1) is 0 Å². The van der Waals surface area contributed by atoms with Gasteiger partial charge in [-0.25, -0.2) is 0 Å². The van der Waals surface area contributed by atoms with Crippen LogP contribution in [0.3, 0.4) is 0 Å². The van der Waals surface area contributed by atoms with E-state index < -0.39 is 0 Å². The average molecular weight is 425 g/mol. The number of halogens is 2. The summed E-state index contributed by atoms with van der Waals surface area (Å²) >= 11 is 6.83. The van der Waals surface area contributed by atoms with Gasteiger partial charge in [-0.2, -0.15) is 0 Å². The van der Waals surface area contributed by atoms with Crippen LogP contribution >= 0.6 is 31.9 Å². The van der Waals surface area contributed by atoms with Crippen LogP contribution in [0.25, 0.3) is 0 Å². The van der Waals surface area contributed by atoms with Crippen LogP contribution in [-0.2, 0) is 6.42 Å². The molecule has 0 fully saturated rings. The molecule has 0 atom stereocenters. The molecule has 0 bridgehead atoms. The molecule has 0 spiro atoms. The SMILES string of the molecule is CC(C)(CNC(=O)c1cccc(Br)c1)Cc1ccc(Br)cc1. The molecule has 0 heterocycles. The quantitative estimate of drug-likeness (QED) is 0.701. The van der Waals surface area contributed by atoms with Crippen LogP contribution < -0.4 is 5.32 Å². The smallest absolute Gasteiger partial charge is 0.251 e. The Morgan fingerprint density at radius 2 is 1.73 bits per heavy atom. The van der Waals surface area contributed by atoms with Crippen molar-refractivity contribution in [2.75, 3.05) is 6.54 Å². The molecule has 22 heavy (non-hydrogen) atoms. The maximum atomic E-state index is 12.2. The van der Waals surface area contributed by atoms with Crippen molar-refractivity contribution in [3.8, 4) is 0 Å². The number of amides is 1. The zero-order valence-corrected chi connectivity index (χ0v) is 15.9. The number of benzene rings is 2. The third-order valence-electron chi connectivity index (χ3n) is 3.41. The summed E-state index contributed by atoms with van der Waals surface area (Å²) in [4.78, 5) is 12.2. The number of nitrogens with one attached hydrogen (secondary N) is 1. The van der Waals surface area contributed by atoms with E-state index >= 15 is 0 Å². The van der Waals surface area contributed by atoms with E-state index in [0.29, 0.717) is 12.1 Å². The van der Waals surface area contributed by atoms with Crippen LogP contribution in [0.2, 0.25) is 0 Å². The number of hydrogen-bond donors (Lipinski definition) is 1. The van der Waals surface area contributed by atoms with Crippen molar-refractivity contribution in [1.29, 1.82) is 0 Å². The molecule has 0 saturated heterocycles. The standard InChI is InChI=1S/C18H19Br2NO/c1-18(2,11-13-6-8-15(19)9-7-13)12-21-17(22)14-4-3-5-16(20)10-14/h3-10H,11-12H2,1-2H3,(H,21,22). The van der Waals surface area contributed by atoms with Gasteiger partial charge in [0.1, 0.15) is 0 Å². The molecule has 2 rings (SSSR count). The van der Waals surface area contributed by atoms with Crippen LogP contribution in [0, 0.1) is 5.41 Å². The van der Waals surface area contributed by atoms with Gasteiger partial charge in [0, 0.05) is 21.1 Å². The Morgan fingerprint density at radius 1 is 1.05 bits per heavy atom. The number of rotatable bonds is 5. The van der Waals surface area contributed by atoms with Crippen LogP contribution in [0.4, 0.5) is 0 Å². The van der Waals surface area contributed by atoms with Crippen LogP contribution in [0.15, 0.2) is 57.5 Å². The number of hydrogen-bond acceptors (Lipinski definition) is 1. The first-order chi connectivity index (χ1) is 10.4. The van der Waals surface area contributed by atoms with E-state index in [1.807, 2.05) is 36.4 Å². The molecule has 0 aromatic heterocycles. The second-order valence-electron chi connectivity index (χ2n) is 6.16.